The molecule has 0 aromatic heterocycles. The molecule has 1 N–H and O–H groups in total. The molecule has 0 aromatic rings. The van der Waals surface area contributed by atoms with E-state index in [9.17, 15) is 4.79 Å². The van der Waals surface area contributed by atoms with E-state index >= 15 is 0 Å². The molecule has 0 bridgehead atoms. The SMILES string of the molecule is C=CC=CNC(=O)OCCCCBr. The van der Waals surface area contributed by atoms with Gasteiger partial charge in [0.1, 0.15) is 0 Å². The van der Waals surface area contributed by atoms with Crippen molar-refractivity contribution >= 4 is 22.0 Å². The van der Waals surface area contributed by atoms with Crippen LogP contribution in [0.3, 0.4) is 0 Å². The zero-order valence-electron chi connectivity index (χ0n) is 7.46. The summed E-state index contributed by atoms with van der Waals surface area (Å²) in [6.45, 7) is 3.92. The summed E-state index contributed by atoms with van der Waals surface area (Å²) < 4.78 is 4.83. The molecule has 0 atom stereocenters. The van der Waals surface area contributed by atoms with Crippen molar-refractivity contribution in [1.29, 1.82) is 0 Å². The molecule has 74 valence electrons. The van der Waals surface area contributed by atoms with E-state index in [0.29, 0.717) is 6.61 Å². The van der Waals surface area contributed by atoms with Crippen LogP contribution in [0.25, 0.3) is 0 Å². The number of amides is 1. The third kappa shape index (κ3) is 9.14. The first-order valence-corrected chi connectivity index (χ1v) is 5.20. The standard InChI is InChI=1S/C9H14BrNO2/c1-2-3-7-11-9(12)13-8-5-4-6-10/h2-3,7H,1,4-6,8H2,(H,11,12). The molecule has 0 unspecified atom stereocenters. The third-order valence-corrected chi connectivity index (χ3v) is 1.76. The Labute approximate surface area is 87.0 Å². The average Bonchev–Trinajstić information content (AvgIpc) is 2.13. The zero-order chi connectivity index (χ0) is 9.94. The molecular formula is C9H14BrNO2. The van der Waals surface area contributed by atoms with Gasteiger partial charge in [-0.25, -0.2) is 4.79 Å². The van der Waals surface area contributed by atoms with Crippen LogP contribution in [0.2, 0.25) is 0 Å². The van der Waals surface area contributed by atoms with Crippen molar-refractivity contribution in [1.82, 2.24) is 5.32 Å². The quantitative estimate of drug-likeness (QED) is 0.445. The van der Waals surface area contributed by atoms with Crippen LogP contribution in [0.4, 0.5) is 4.79 Å². The minimum atomic E-state index is -0.423. The van der Waals surface area contributed by atoms with E-state index < -0.39 is 6.09 Å². The summed E-state index contributed by atoms with van der Waals surface area (Å²) in [5.74, 6) is 0. The lowest BCUT2D eigenvalue weighted by Crippen LogP contribution is -2.18. The van der Waals surface area contributed by atoms with Crippen molar-refractivity contribution in [2.45, 2.75) is 12.8 Å². The van der Waals surface area contributed by atoms with Crippen molar-refractivity contribution in [3.8, 4) is 0 Å². The lowest BCUT2D eigenvalue weighted by molar-refractivity contribution is 0.148. The van der Waals surface area contributed by atoms with E-state index in [4.69, 9.17) is 4.74 Å². The fourth-order valence-corrected chi connectivity index (χ4v) is 0.984. The number of allylic oxidation sites excluding steroid dienone is 2. The van der Waals surface area contributed by atoms with Gasteiger partial charge in [0.2, 0.25) is 0 Å². The minimum Gasteiger partial charge on any atom is -0.449 e. The number of nitrogens with one attached hydrogen (secondary N) is 1. The van der Waals surface area contributed by atoms with Crippen molar-refractivity contribution in [2.75, 3.05) is 11.9 Å². The summed E-state index contributed by atoms with van der Waals surface area (Å²) in [5, 5.41) is 3.37. The summed E-state index contributed by atoms with van der Waals surface area (Å²) in [4.78, 5) is 10.9. The van der Waals surface area contributed by atoms with Gasteiger partial charge in [0, 0.05) is 11.5 Å². The van der Waals surface area contributed by atoms with Gasteiger partial charge in [-0.15, -0.1) is 0 Å². The Morgan fingerprint density at radius 3 is 2.92 bits per heavy atom. The van der Waals surface area contributed by atoms with Crippen LogP contribution in [0.15, 0.2) is 24.9 Å². The van der Waals surface area contributed by atoms with Crippen LogP contribution < -0.4 is 5.32 Å². The molecule has 0 radical (unpaired) electrons. The van der Waals surface area contributed by atoms with Crippen molar-refractivity contribution in [3.05, 3.63) is 24.9 Å². The highest BCUT2D eigenvalue weighted by atomic mass is 79.9. The van der Waals surface area contributed by atoms with Gasteiger partial charge < -0.3 is 4.74 Å². The van der Waals surface area contributed by atoms with Gasteiger partial charge in [-0.3, -0.25) is 5.32 Å². The number of ether oxygens (including phenoxy) is 1. The van der Waals surface area contributed by atoms with Crippen LogP contribution in [-0.2, 0) is 4.74 Å². The maximum Gasteiger partial charge on any atom is 0.411 e. The van der Waals surface area contributed by atoms with Crippen LogP contribution in [-0.4, -0.2) is 18.0 Å². The first kappa shape index (κ1) is 12.2. The first-order valence-electron chi connectivity index (χ1n) is 4.08. The fraction of sp³-hybridized carbons (Fsp3) is 0.444. The maximum absolute atomic E-state index is 10.9. The molecule has 0 rings (SSSR count). The van der Waals surface area contributed by atoms with Gasteiger partial charge in [-0.05, 0) is 18.9 Å². The molecule has 0 aliphatic heterocycles. The van der Waals surface area contributed by atoms with Crippen LogP contribution in [0.1, 0.15) is 12.8 Å². The van der Waals surface area contributed by atoms with Crippen LogP contribution in [0.5, 0.6) is 0 Å². The molecule has 0 saturated carbocycles. The highest BCUT2D eigenvalue weighted by Crippen LogP contribution is 1.94. The van der Waals surface area contributed by atoms with Gasteiger partial charge in [0.05, 0.1) is 6.61 Å². The minimum absolute atomic E-state index is 0.423. The van der Waals surface area contributed by atoms with E-state index in [1.165, 1.54) is 6.20 Å². The second-order valence-corrected chi connectivity index (χ2v) is 3.06. The summed E-state index contributed by atoms with van der Waals surface area (Å²) in [5.41, 5.74) is 0. The molecule has 0 aromatic carbocycles. The lowest BCUT2D eigenvalue weighted by Gasteiger charge is -2.02. The smallest absolute Gasteiger partial charge is 0.411 e. The van der Waals surface area contributed by atoms with Crippen molar-refractivity contribution < 1.29 is 9.53 Å². The Hall–Kier alpha value is -0.770. The topological polar surface area (TPSA) is 38.3 Å². The van der Waals surface area contributed by atoms with Crippen LogP contribution >= 0.6 is 15.9 Å². The summed E-state index contributed by atoms with van der Waals surface area (Å²) in [6, 6.07) is 0. The predicted molar refractivity (Wildman–Crippen MR) is 56.8 cm³/mol. The number of rotatable bonds is 6. The van der Waals surface area contributed by atoms with Crippen molar-refractivity contribution in [2.24, 2.45) is 0 Å². The highest BCUT2D eigenvalue weighted by molar-refractivity contribution is 9.09. The Bertz CT molecular complexity index is 180. The Morgan fingerprint density at radius 1 is 1.54 bits per heavy atom. The maximum atomic E-state index is 10.9. The summed E-state index contributed by atoms with van der Waals surface area (Å²) >= 11 is 3.29. The number of alkyl halides is 1. The van der Waals surface area contributed by atoms with E-state index in [0.717, 1.165) is 18.2 Å². The second-order valence-electron chi connectivity index (χ2n) is 2.27. The molecule has 0 saturated heterocycles. The van der Waals surface area contributed by atoms with E-state index in [1.807, 2.05) is 0 Å². The van der Waals surface area contributed by atoms with E-state index in [1.54, 1.807) is 12.2 Å². The zero-order valence-corrected chi connectivity index (χ0v) is 9.05. The summed E-state index contributed by atoms with van der Waals surface area (Å²) in [7, 11) is 0. The van der Waals surface area contributed by atoms with E-state index in [2.05, 4.69) is 27.8 Å². The summed E-state index contributed by atoms with van der Waals surface area (Å²) in [6.07, 6.45) is 6.15. The number of hydrogen-bond acceptors (Lipinski definition) is 2. The molecule has 0 aliphatic carbocycles. The Balaban J connectivity index is 3.30. The van der Waals surface area contributed by atoms with Crippen LogP contribution in [0, 0.1) is 0 Å². The number of carbonyl (C=O) groups is 1. The number of unbranched alkanes of at least 4 members (excludes halogenated alkanes) is 1. The van der Waals surface area contributed by atoms with Gasteiger partial charge >= 0.3 is 6.09 Å². The average molecular weight is 248 g/mol. The number of carbonyl (C=O) groups excluding carboxylic acids is 1. The Morgan fingerprint density at radius 2 is 2.31 bits per heavy atom. The van der Waals surface area contributed by atoms with Gasteiger partial charge in [0.15, 0.2) is 0 Å². The number of alkyl carbamates (subject to hydrolysis) is 1. The third-order valence-electron chi connectivity index (χ3n) is 1.19. The largest absolute Gasteiger partial charge is 0.449 e. The van der Waals surface area contributed by atoms with Gasteiger partial charge in [-0.1, -0.05) is 28.6 Å². The predicted octanol–water partition coefficient (Wildman–Crippen LogP) is 2.59. The molecule has 0 spiro atoms. The normalized spacial score (nSPS) is 9.92. The first-order chi connectivity index (χ1) is 6.31. The molecule has 0 aliphatic rings. The molecule has 0 fully saturated rings. The van der Waals surface area contributed by atoms with Gasteiger partial charge in [-0.2, -0.15) is 0 Å². The highest BCUT2D eigenvalue weighted by Gasteiger charge is 1.96. The molecular weight excluding hydrogens is 234 g/mol. The molecule has 4 heteroatoms. The Kier molecular flexibility index (Phi) is 8.77. The van der Waals surface area contributed by atoms with E-state index in [-0.39, 0.29) is 0 Å². The lowest BCUT2D eigenvalue weighted by atomic mass is 10.4. The molecule has 1 amide bonds. The monoisotopic (exact) mass is 247 g/mol. The second kappa shape index (κ2) is 9.32. The molecule has 3 nitrogen and oxygen atoms in total. The molecule has 0 heterocycles. The van der Waals surface area contributed by atoms with Gasteiger partial charge in [0.25, 0.3) is 0 Å². The fourth-order valence-electron chi connectivity index (χ4n) is 0.587. The van der Waals surface area contributed by atoms with Crippen molar-refractivity contribution in [3.63, 3.8) is 0 Å². The molecule has 13 heavy (non-hydrogen) atoms. The number of hydrogen-bond donors (Lipinski definition) is 1. The number of halogens is 1.